The van der Waals surface area contributed by atoms with Crippen LogP contribution in [0, 0.1) is 34.8 Å². The summed E-state index contributed by atoms with van der Waals surface area (Å²) in [4.78, 5) is 31.3. The Kier molecular flexibility index (Phi) is 8.43. The van der Waals surface area contributed by atoms with Gasteiger partial charge >= 0.3 is 0 Å². The molecule has 4 bridgehead atoms. The molecule has 1 amide bonds. The van der Waals surface area contributed by atoms with E-state index in [0.29, 0.717) is 61.0 Å². The van der Waals surface area contributed by atoms with Crippen molar-refractivity contribution in [2.75, 3.05) is 43.9 Å². The molecule has 3 N–H and O–H groups in total. The average molecular weight is 773 g/mol. The van der Waals surface area contributed by atoms with E-state index in [9.17, 15) is 10.1 Å². The van der Waals surface area contributed by atoms with E-state index in [4.69, 9.17) is 32.0 Å². The quantitative estimate of drug-likeness (QED) is 0.219. The number of aromatic nitrogens is 2. The van der Waals surface area contributed by atoms with Gasteiger partial charge in [-0.15, -0.1) is 11.3 Å². The number of hydrogen-bond acceptors (Lipinski definition) is 10. The number of nitrogens with two attached hydrogens (primary N) is 1. The Balaban J connectivity index is 1.16. The van der Waals surface area contributed by atoms with Crippen molar-refractivity contribution in [2.45, 2.75) is 94.4 Å². The van der Waals surface area contributed by atoms with Crippen LogP contribution in [0.4, 0.5) is 19.6 Å². The molecule has 7 heterocycles. The largest absolute Gasteiger partial charge is 0.491 e. The summed E-state index contributed by atoms with van der Waals surface area (Å²) in [6.07, 6.45) is 9.71. The zero-order chi connectivity index (χ0) is 37.0. The number of nitrogens with zero attached hydrogens (tertiary/aromatic N) is 6. The van der Waals surface area contributed by atoms with Gasteiger partial charge in [0.05, 0.1) is 33.3 Å². The van der Waals surface area contributed by atoms with Gasteiger partial charge in [-0.05, 0) is 75.6 Å². The van der Waals surface area contributed by atoms with Crippen LogP contribution in [0.3, 0.4) is 0 Å². The van der Waals surface area contributed by atoms with Gasteiger partial charge in [0.1, 0.15) is 40.1 Å². The van der Waals surface area contributed by atoms with Gasteiger partial charge in [-0.1, -0.05) is 30.5 Å². The normalized spacial score (nSPS) is 28.4. The van der Waals surface area contributed by atoms with Gasteiger partial charge < -0.3 is 25.2 Å². The molecular weight excluding hydrogens is 730 g/mol. The molecule has 4 aromatic rings. The molecule has 14 heteroatoms. The highest BCUT2D eigenvalue weighted by Gasteiger charge is 2.54. The number of thiophene rings is 1. The number of piperazine rings is 1. The predicted molar refractivity (Wildman–Crippen MR) is 206 cm³/mol. The van der Waals surface area contributed by atoms with Gasteiger partial charge in [0.25, 0.3) is 0 Å². The summed E-state index contributed by atoms with van der Waals surface area (Å²) in [5, 5.41) is 14.4. The first-order valence-electron chi connectivity index (χ1n) is 19.5. The number of hydrogen-bond donors (Lipinski definition) is 2. The summed E-state index contributed by atoms with van der Waals surface area (Å²) in [7, 11) is 2.19. The zero-order valence-corrected chi connectivity index (χ0v) is 31.8. The highest BCUT2D eigenvalue weighted by atomic mass is 35.5. The van der Waals surface area contributed by atoms with Gasteiger partial charge in [-0.3, -0.25) is 10.1 Å². The second-order valence-electron chi connectivity index (χ2n) is 16.3. The molecule has 10 nitrogen and oxygen atoms in total. The summed E-state index contributed by atoms with van der Waals surface area (Å²) < 4.78 is 39.5. The van der Waals surface area contributed by atoms with Crippen molar-refractivity contribution in [1.82, 2.24) is 25.1 Å². The second kappa shape index (κ2) is 13.1. The number of nitrogen functional groups attached to an aromatic ring is 1. The van der Waals surface area contributed by atoms with Gasteiger partial charge in [0.2, 0.25) is 5.91 Å². The van der Waals surface area contributed by atoms with Crippen molar-refractivity contribution in [3.05, 3.63) is 40.2 Å². The monoisotopic (exact) mass is 772 g/mol. The SMILES string of the molecule is CN1CCCC1C1CCCCC2CN3c4nc(nc5c(F)c(-c6ccc(F)c7sc(N)c(C#N)c67)c(Cl)c(c45)OCCC3CN2C(=O)[C@@H]2N[C@H]2C2CC2)C1. The number of carbonyl (C=O) groups excluding carboxylic acids is 1. The van der Waals surface area contributed by atoms with E-state index in [1.54, 1.807) is 0 Å². The fraction of sp³-hybridized carbons (Fsp3) is 0.550. The molecule has 1 saturated carbocycles. The van der Waals surface area contributed by atoms with Gasteiger partial charge in [0, 0.05) is 55.0 Å². The van der Waals surface area contributed by atoms with Crippen LogP contribution >= 0.6 is 22.9 Å². The number of benzene rings is 2. The summed E-state index contributed by atoms with van der Waals surface area (Å²) in [6.45, 7) is 2.41. The molecule has 54 heavy (non-hydrogen) atoms. The smallest absolute Gasteiger partial charge is 0.241 e. The minimum atomic E-state index is -0.677. The van der Waals surface area contributed by atoms with Crippen LogP contribution < -0.4 is 20.7 Å². The van der Waals surface area contributed by atoms with Crippen molar-refractivity contribution in [1.29, 1.82) is 5.26 Å². The maximum Gasteiger partial charge on any atom is 0.241 e. The van der Waals surface area contributed by atoms with E-state index in [1.807, 2.05) is 0 Å². The molecule has 4 fully saturated rings. The molecule has 6 atom stereocenters. The Morgan fingerprint density at radius 3 is 2.67 bits per heavy atom. The van der Waals surface area contributed by atoms with Gasteiger partial charge in [-0.2, -0.15) is 5.26 Å². The summed E-state index contributed by atoms with van der Waals surface area (Å²) in [5.74, 6) is 1.26. The minimum Gasteiger partial charge on any atom is -0.491 e. The maximum absolute atomic E-state index is 17.6. The zero-order valence-electron chi connectivity index (χ0n) is 30.2. The number of rotatable bonds is 4. The molecule has 5 aliphatic heterocycles. The van der Waals surface area contributed by atoms with Crippen LogP contribution in [0.1, 0.15) is 69.2 Å². The van der Waals surface area contributed by atoms with E-state index < -0.39 is 11.6 Å². The van der Waals surface area contributed by atoms with E-state index in [2.05, 4.69) is 33.1 Å². The van der Waals surface area contributed by atoms with Crippen LogP contribution in [0.2, 0.25) is 5.02 Å². The molecule has 10 rings (SSSR count). The molecule has 4 unspecified atom stereocenters. The molecule has 3 saturated heterocycles. The van der Waals surface area contributed by atoms with E-state index >= 15 is 8.78 Å². The number of carbonyl (C=O) groups is 1. The number of halogens is 3. The molecule has 0 radical (unpaired) electrons. The molecule has 2 aromatic heterocycles. The first-order valence-corrected chi connectivity index (χ1v) is 20.7. The number of amides is 1. The van der Waals surface area contributed by atoms with Crippen molar-refractivity contribution in [3.8, 4) is 22.9 Å². The Morgan fingerprint density at radius 2 is 1.89 bits per heavy atom. The first kappa shape index (κ1) is 34.6. The van der Waals surface area contributed by atoms with Crippen LogP contribution in [0.25, 0.3) is 32.1 Å². The lowest BCUT2D eigenvalue weighted by atomic mass is 9.87. The highest BCUT2D eigenvalue weighted by Crippen LogP contribution is 2.51. The van der Waals surface area contributed by atoms with Crippen LogP contribution in [0.15, 0.2) is 12.1 Å². The number of anilines is 2. The van der Waals surface area contributed by atoms with Crippen LogP contribution in [-0.4, -0.2) is 89.2 Å². The average Bonchev–Trinajstić information content (AvgIpc) is 4.07. The standard InChI is InChI=1S/C40H43ClF2N8O2S/c1-49-13-4-7-26(49)20-5-2-3-6-21-17-50-22(18-51(21)40(52)35-33(48-35)19-8-9-19)12-14-53-36-30-34(46-27(15-20)47-39(30)50)32(43)29(31(36)41)23-10-11-25(42)37-28(23)24(16-44)38(45)54-37/h10-11,19-22,26,33,35,48H,2-9,12-15,17-18,45H2,1H3/t20?,21?,22?,26?,33-,35+/m0/s1. The number of likely N-dealkylation sites (tertiary alicyclic amines) is 1. The molecule has 2 aromatic carbocycles. The summed E-state index contributed by atoms with van der Waals surface area (Å²) in [6, 6.07) is 5.23. The fourth-order valence-corrected chi connectivity index (χ4v) is 11.4. The Bertz CT molecular complexity index is 2260. The van der Waals surface area contributed by atoms with Crippen molar-refractivity contribution in [3.63, 3.8) is 0 Å². The Hall–Kier alpha value is -3.83. The highest BCUT2D eigenvalue weighted by molar-refractivity contribution is 7.23. The molecular formula is C40H43ClF2N8O2S. The Labute approximate surface area is 321 Å². The molecule has 0 spiro atoms. The predicted octanol–water partition coefficient (Wildman–Crippen LogP) is 6.64. The Morgan fingerprint density at radius 1 is 1.06 bits per heavy atom. The third kappa shape index (κ3) is 5.53. The lowest BCUT2D eigenvalue weighted by Gasteiger charge is -2.48. The van der Waals surface area contributed by atoms with Crippen LogP contribution in [-0.2, 0) is 11.2 Å². The topological polar surface area (TPSA) is 134 Å². The van der Waals surface area contributed by atoms with Gasteiger partial charge in [-0.25, -0.2) is 18.7 Å². The molecule has 6 aliphatic rings. The minimum absolute atomic E-state index is 0.00479. The number of ether oxygens (including phenoxy) is 1. The lowest BCUT2D eigenvalue weighted by Crippen LogP contribution is -2.61. The van der Waals surface area contributed by atoms with Gasteiger partial charge in [0.15, 0.2) is 11.6 Å². The van der Waals surface area contributed by atoms with Crippen molar-refractivity contribution in [2.24, 2.45) is 11.8 Å². The van der Waals surface area contributed by atoms with E-state index in [1.165, 1.54) is 25.0 Å². The van der Waals surface area contributed by atoms with Crippen LogP contribution in [0.5, 0.6) is 5.75 Å². The van der Waals surface area contributed by atoms with E-state index in [-0.39, 0.29) is 84.6 Å². The molecule has 1 aliphatic carbocycles. The lowest BCUT2D eigenvalue weighted by molar-refractivity contribution is -0.134. The number of nitrogens with one attached hydrogen (secondary N) is 1. The summed E-state index contributed by atoms with van der Waals surface area (Å²) in [5.41, 5.74) is 6.61. The maximum atomic E-state index is 17.6. The molecule has 282 valence electrons. The van der Waals surface area contributed by atoms with Crippen molar-refractivity contribution < 1.29 is 18.3 Å². The number of nitriles is 1. The summed E-state index contributed by atoms with van der Waals surface area (Å²) >= 11 is 8.19. The fourth-order valence-electron chi connectivity index (χ4n) is 10.2. The first-order chi connectivity index (χ1) is 26.2. The van der Waals surface area contributed by atoms with Crippen molar-refractivity contribution >= 4 is 60.7 Å². The number of fused-ring (bicyclic) bond motifs is 3. The second-order valence-corrected chi connectivity index (χ2v) is 17.7. The third-order valence-corrected chi connectivity index (χ3v) is 14.5. The van der Waals surface area contributed by atoms with E-state index in [0.717, 1.165) is 56.4 Å². The third-order valence-electron chi connectivity index (χ3n) is 13.1.